The lowest BCUT2D eigenvalue weighted by atomic mass is 10.2. The highest BCUT2D eigenvalue weighted by Crippen LogP contribution is 2.19. The fourth-order valence-electron chi connectivity index (χ4n) is 2.11. The lowest BCUT2D eigenvalue weighted by Crippen LogP contribution is -2.28. The summed E-state index contributed by atoms with van der Waals surface area (Å²) in [6.45, 7) is 0.504. The van der Waals surface area contributed by atoms with Crippen molar-refractivity contribution in [2.24, 2.45) is 0 Å². The molecule has 0 saturated carbocycles. The van der Waals surface area contributed by atoms with E-state index in [4.69, 9.17) is 11.6 Å². The molecule has 24 heavy (non-hydrogen) atoms. The number of thiophene rings is 1. The third kappa shape index (κ3) is 3.98. The first-order chi connectivity index (χ1) is 11.5. The number of hydrogen-bond acceptors (Lipinski definition) is 5. The number of nitrogens with zero attached hydrogens (tertiary/aromatic N) is 2. The van der Waals surface area contributed by atoms with Gasteiger partial charge in [0, 0.05) is 18.6 Å². The summed E-state index contributed by atoms with van der Waals surface area (Å²) in [5.41, 5.74) is 0.831. The predicted molar refractivity (Wildman–Crippen MR) is 98.9 cm³/mol. The number of aromatic nitrogens is 2. The Morgan fingerprint density at radius 3 is 2.83 bits per heavy atom. The first-order valence-electron chi connectivity index (χ1n) is 7.11. The van der Waals surface area contributed by atoms with Crippen LogP contribution in [0.1, 0.15) is 5.56 Å². The summed E-state index contributed by atoms with van der Waals surface area (Å²) in [6, 6.07) is 9.13. The summed E-state index contributed by atoms with van der Waals surface area (Å²) in [5.74, 6) is 0.174. The second kappa shape index (κ2) is 7.38. The number of fused-ring (bicyclic) bond motifs is 1. The number of amides is 1. The van der Waals surface area contributed by atoms with Crippen LogP contribution in [0.3, 0.4) is 0 Å². The molecule has 8 heteroatoms. The molecule has 2 aromatic heterocycles. The maximum atomic E-state index is 12.2. The Hall–Kier alpha value is -1.83. The van der Waals surface area contributed by atoms with E-state index in [0.29, 0.717) is 26.9 Å². The molecule has 1 amide bonds. The van der Waals surface area contributed by atoms with Gasteiger partial charge in [0.25, 0.3) is 5.56 Å². The molecule has 124 valence electrons. The number of carbonyl (C=O) groups is 1. The number of H-pyrrole nitrogens is 1. The molecular weight excluding hydrogens is 366 g/mol. The molecule has 3 rings (SSSR count). The van der Waals surface area contributed by atoms with Crippen molar-refractivity contribution in [1.82, 2.24) is 14.9 Å². The number of nitrogens with one attached hydrogen (secondary N) is 1. The molecule has 2 heterocycles. The van der Waals surface area contributed by atoms with Gasteiger partial charge in [-0.1, -0.05) is 35.5 Å². The fraction of sp³-hybridized carbons (Fsp3) is 0.188. The van der Waals surface area contributed by atoms with Gasteiger partial charge in [0.1, 0.15) is 4.83 Å². The van der Waals surface area contributed by atoms with Crippen molar-refractivity contribution in [2.45, 2.75) is 11.7 Å². The zero-order valence-corrected chi connectivity index (χ0v) is 15.2. The van der Waals surface area contributed by atoms with Crippen LogP contribution in [0.5, 0.6) is 0 Å². The van der Waals surface area contributed by atoms with Gasteiger partial charge in [0.15, 0.2) is 5.16 Å². The zero-order valence-electron chi connectivity index (χ0n) is 12.8. The van der Waals surface area contributed by atoms with Crippen LogP contribution in [0, 0.1) is 0 Å². The van der Waals surface area contributed by atoms with Crippen LogP contribution in [0.25, 0.3) is 10.2 Å². The number of halogens is 1. The van der Waals surface area contributed by atoms with Crippen molar-refractivity contribution in [3.8, 4) is 0 Å². The molecule has 0 unspecified atom stereocenters. The molecule has 0 aliphatic carbocycles. The van der Waals surface area contributed by atoms with Gasteiger partial charge in [0.2, 0.25) is 5.91 Å². The van der Waals surface area contributed by atoms with Crippen LogP contribution < -0.4 is 5.56 Å². The number of hydrogen-bond donors (Lipinski definition) is 1. The van der Waals surface area contributed by atoms with Gasteiger partial charge in [0.05, 0.1) is 11.1 Å². The number of carbonyl (C=O) groups excluding carboxylic acids is 1. The van der Waals surface area contributed by atoms with Gasteiger partial charge in [-0.05, 0) is 29.1 Å². The Bertz CT molecular complexity index is 921. The third-order valence-corrected chi connectivity index (χ3v) is 5.32. The van der Waals surface area contributed by atoms with Crippen molar-refractivity contribution in [3.63, 3.8) is 0 Å². The second-order valence-corrected chi connectivity index (χ2v) is 7.47. The zero-order chi connectivity index (χ0) is 17.1. The van der Waals surface area contributed by atoms with E-state index in [1.165, 1.54) is 23.1 Å². The van der Waals surface area contributed by atoms with Crippen LogP contribution in [-0.2, 0) is 11.3 Å². The summed E-state index contributed by atoms with van der Waals surface area (Å²) in [4.78, 5) is 33.5. The monoisotopic (exact) mass is 379 g/mol. The lowest BCUT2D eigenvalue weighted by Gasteiger charge is -2.17. The molecule has 1 aromatic carbocycles. The van der Waals surface area contributed by atoms with Crippen molar-refractivity contribution in [1.29, 1.82) is 0 Å². The van der Waals surface area contributed by atoms with Gasteiger partial charge >= 0.3 is 0 Å². The first-order valence-corrected chi connectivity index (χ1v) is 9.36. The largest absolute Gasteiger partial charge is 0.341 e. The van der Waals surface area contributed by atoms with E-state index in [2.05, 4.69) is 9.97 Å². The van der Waals surface area contributed by atoms with E-state index in [9.17, 15) is 9.59 Å². The normalized spacial score (nSPS) is 10.9. The maximum absolute atomic E-state index is 12.2. The summed E-state index contributed by atoms with van der Waals surface area (Å²) >= 11 is 8.49. The van der Waals surface area contributed by atoms with E-state index < -0.39 is 0 Å². The standard InChI is InChI=1S/C16H14ClN3O2S2/c1-20(8-10-2-4-11(17)5-3-10)13(21)9-24-16-18-14(22)12-6-7-23-15(12)19-16/h2-7H,8-9H2,1H3,(H,18,19,22). The molecule has 0 radical (unpaired) electrons. The molecule has 0 atom stereocenters. The molecule has 0 aliphatic heterocycles. The third-order valence-electron chi connectivity index (χ3n) is 3.40. The van der Waals surface area contributed by atoms with Gasteiger partial charge in [-0.3, -0.25) is 9.59 Å². The molecule has 3 aromatic rings. The highest BCUT2D eigenvalue weighted by Gasteiger charge is 2.12. The SMILES string of the molecule is CN(Cc1ccc(Cl)cc1)C(=O)CSc1nc2sccc2c(=O)[nH]1. The van der Waals surface area contributed by atoms with Gasteiger partial charge in [-0.2, -0.15) is 0 Å². The Balaban J connectivity index is 1.61. The number of benzene rings is 1. The second-order valence-electron chi connectivity index (χ2n) is 5.18. The van der Waals surface area contributed by atoms with E-state index in [1.54, 1.807) is 30.1 Å². The van der Waals surface area contributed by atoms with Crippen LogP contribution >= 0.6 is 34.7 Å². The maximum Gasteiger partial charge on any atom is 0.260 e. The van der Waals surface area contributed by atoms with Crippen LogP contribution in [0.15, 0.2) is 45.7 Å². The Labute approximate surface area is 151 Å². The van der Waals surface area contributed by atoms with E-state index in [0.717, 1.165) is 5.56 Å². The Morgan fingerprint density at radius 2 is 2.08 bits per heavy atom. The summed E-state index contributed by atoms with van der Waals surface area (Å²) < 4.78 is 0. The highest BCUT2D eigenvalue weighted by atomic mass is 35.5. The number of rotatable bonds is 5. The molecule has 0 aliphatic rings. The van der Waals surface area contributed by atoms with E-state index in [-0.39, 0.29) is 17.2 Å². The van der Waals surface area contributed by atoms with Gasteiger partial charge < -0.3 is 9.88 Å². The van der Waals surface area contributed by atoms with Crippen LogP contribution in [0.2, 0.25) is 5.02 Å². The number of aromatic amines is 1. The Kier molecular flexibility index (Phi) is 5.23. The van der Waals surface area contributed by atoms with E-state index >= 15 is 0 Å². The minimum atomic E-state index is -0.175. The molecule has 0 fully saturated rings. The summed E-state index contributed by atoms with van der Waals surface area (Å²) in [5, 5.41) is 3.54. The van der Waals surface area contributed by atoms with Crippen molar-refractivity contribution in [2.75, 3.05) is 12.8 Å². The molecule has 5 nitrogen and oxygen atoms in total. The van der Waals surface area contributed by atoms with Gasteiger partial charge in [-0.15, -0.1) is 11.3 Å². The molecule has 0 saturated heterocycles. The molecule has 1 N–H and O–H groups in total. The number of thioether (sulfide) groups is 1. The topological polar surface area (TPSA) is 66.1 Å². The minimum absolute atomic E-state index is 0.0381. The molecule has 0 bridgehead atoms. The van der Waals surface area contributed by atoms with Crippen molar-refractivity contribution < 1.29 is 4.79 Å². The van der Waals surface area contributed by atoms with Crippen molar-refractivity contribution >= 4 is 50.8 Å². The first kappa shape index (κ1) is 17.0. The van der Waals surface area contributed by atoms with Crippen LogP contribution in [0.4, 0.5) is 0 Å². The van der Waals surface area contributed by atoms with Gasteiger partial charge in [-0.25, -0.2) is 4.98 Å². The molecule has 0 spiro atoms. The van der Waals surface area contributed by atoms with E-state index in [1.807, 2.05) is 17.5 Å². The predicted octanol–water partition coefficient (Wildman–Crippen LogP) is 3.39. The fourth-order valence-corrected chi connectivity index (χ4v) is 3.86. The quantitative estimate of drug-likeness (QED) is 0.545. The lowest BCUT2D eigenvalue weighted by molar-refractivity contribution is -0.127. The smallest absolute Gasteiger partial charge is 0.260 e. The Morgan fingerprint density at radius 1 is 1.33 bits per heavy atom. The highest BCUT2D eigenvalue weighted by molar-refractivity contribution is 7.99. The minimum Gasteiger partial charge on any atom is -0.341 e. The summed E-state index contributed by atoms with van der Waals surface area (Å²) in [6.07, 6.45) is 0. The van der Waals surface area contributed by atoms with Crippen LogP contribution in [-0.4, -0.2) is 33.6 Å². The molecular formula is C16H14ClN3O2S2. The summed E-state index contributed by atoms with van der Waals surface area (Å²) in [7, 11) is 1.75. The average Bonchev–Trinajstić information content (AvgIpc) is 3.04. The average molecular weight is 380 g/mol. The van der Waals surface area contributed by atoms with Crippen molar-refractivity contribution in [3.05, 3.63) is 56.7 Å².